The molecular weight excluding hydrogens is 324 g/mol. The van der Waals surface area contributed by atoms with Crippen molar-refractivity contribution in [3.8, 4) is 0 Å². The summed E-state index contributed by atoms with van der Waals surface area (Å²) in [4.78, 5) is 40.7. The maximum atomic E-state index is 12.7. The number of benzene rings is 1. The molecule has 9 nitrogen and oxygen atoms in total. The van der Waals surface area contributed by atoms with Crippen molar-refractivity contribution in [1.82, 2.24) is 29.9 Å². The lowest BCUT2D eigenvalue weighted by Crippen LogP contribution is -2.37. The Morgan fingerprint density at radius 2 is 2.12 bits per heavy atom. The average molecular weight is 340 g/mol. The number of aromatic nitrogens is 5. The summed E-state index contributed by atoms with van der Waals surface area (Å²) in [7, 11) is 0. The fraction of sp³-hybridized carbons (Fsp3) is 0.312. The molecule has 3 aromatic rings. The van der Waals surface area contributed by atoms with Crippen molar-refractivity contribution < 1.29 is 4.79 Å². The van der Waals surface area contributed by atoms with E-state index in [4.69, 9.17) is 0 Å². The first-order valence-corrected chi connectivity index (χ1v) is 8.02. The minimum absolute atomic E-state index is 0.144. The summed E-state index contributed by atoms with van der Waals surface area (Å²) >= 11 is 0. The van der Waals surface area contributed by atoms with E-state index < -0.39 is 5.69 Å². The Kier molecular flexibility index (Phi) is 3.68. The van der Waals surface area contributed by atoms with Crippen LogP contribution >= 0.6 is 0 Å². The van der Waals surface area contributed by atoms with Crippen LogP contribution in [-0.4, -0.2) is 42.3 Å². The molecule has 0 saturated carbocycles. The Morgan fingerprint density at radius 1 is 1.28 bits per heavy atom. The first-order valence-electron chi connectivity index (χ1n) is 8.02. The second-order valence-corrected chi connectivity index (χ2v) is 6.00. The molecule has 0 bridgehead atoms. The third-order valence-corrected chi connectivity index (χ3v) is 4.46. The SMILES string of the molecule is O=C(Cn1ncc2ccccc2c1=O)N1CCC[C@H]1c1n[nH]c(=O)[nH]1. The van der Waals surface area contributed by atoms with Crippen molar-refractivity contribution >= 4 is 16.7 Å². The van der Waals surface area contributed by atoms with E-state index in [1.165, 1.54) is 4.68 Å². The van der Waals surface area contributed by atoms with Crippen LogP contribution in [0.15, 0.2) is 40.1 Å². The van der Waals surface area contributed by atoms with Crippen LogP contribution in [0.4, 0.5) is 0 Å². The number of fused-ring (bicyclic) bond motifs is 1. The standard InChI is InChI=1S/C16H16N6O3/c23-13(21-7-3-6-12(21)14-18-16(25)20-19-14)9-22-15(24)11-5-2-1-4-10(11)8-17-22/h1-2,4-5,8,12H,3,6-7,9H2,(H2,18,19,20,25)/t12-/m0/s1. The second kappa shape index (κ2) is 6.00. The van der Waals surface area contributed by atoms with E-state index in [1.54, 1.807) is 29.3 Å². The molecule has 1 aromatic carbocycles. The minimum atomic E-state index is -0.401. The van der Waals surface area contributed by atoms with E-state index in [-0.39, 0.29) is 24.1 Å². The molecule has 3 heterocycles. The number of nitrogens with one attached hydrogen (secondary N) is 2. The molecule has 0 radical (unpaired) electrons. The van der Waals surface area contributed by atoms with E-state index in [0.29, 0.717) is 24.2 Å². The molecule has 0 spiro atoms. The maximum Gasteiger partial charge on any atom is 0.340 e. The molecule has 25 heavy (non-hydrogen) atoms. The summed E-state index contributed by atoms with van der Waals surface area (Å²) in [6, 6.07) is 6.84. The first kappa shape index (κ1) is 15.3. The minimum Gasteiger partial charge on any atom is -0.331 e. The summed E-state index contributed by atoms with van der Waals surface area (Å²) in [6.07, 6.45) is 3.11. The van der Waals surface area contributed by atoms with E-state index in [0.717, 1.165) is 11.8 Å². The fourth-order valence-corrected chi connectivity index (χ4v) is 3.25. The highest BCUT2D eigenvalue weighted by atomic mass is 16.2. The second-order valence-electron chi connectivity index (χ2n) is 6.00. The fourth-order valence-electron chi connectivity index (χ4n) is 3.25. The zero-order valence-corrected chi connectivity index (χ0v) is 13.3. The van der Waals surface area contributed by atoms with Crippen LogP contribution < -0.4 is 11.2 Å². The lowest BCUT2D eigenvalue weighted by atomic mass is 10.2. The molecule has 1 amide bonds. The van der Waals surface area contributed by atoms with Crippen LogP contribution in [0.5, 0.6) is 0 Å². The molecule has 1 aliphatic rings. The van der Waals surface area contributed by atoms with E-state index in [2.05, 4.69) is 20.3 Å². The lowest BCUT2D eigenvalue weighted by Gasteiger charge is -2.22. The summed E-state index contributed by atoms with van der Waals surface area (Å²) < 4.78 is 1.17. The zero-order chi connectivity index (χ0) is 17.4. The van der Waals surface area contributed by atoms with Gasteiger partial charge in [-0.15, -0.1) is 0 Å². The van der Waals surface area contributed by atoms with Crippen molar-refractivity contribution in [1.29, 1.82) is 0 Å². The van der Waals surface area contributed by atoms with E-state index in [1.807, 2.05) is 6.07 Å². The quantitative estimate of drug-likeness (QED) is 0.705. The molecule has 2 N–H and O–H groups in total. The highest BCUT2D eigenvalue weighted by Crippen LogP contribution is 2.29. The van der Waals surface area contributed by atoms with Gasteiger partial charge in [-0.05, 0) is 18.9 Å². The summed E-state index contributed by atoms with van der Waals surface area (Å²) in [5.41, 5.74) is -0.697. The molecule has 0 unspecified atom stereocenters. The van der Waals surface area contributed by atoms with Gasteiger partial charge in [-0.2, -0.15) is 10.2 Å². The third kappa shape index (κ3) is 2.73. The van der Waals surface area contributed by atoms with E-state index in [9.17, 15) is 14.4 Å². The van der Waals surface area contributed by atoms with Gasteiger partial charge in [-0.3, -0.25) is 14.6 Å². The molecule has 0 aliphatic carbocycles. The number of H-pyrrole nitrogens is 2. The molecule has 9 heteroatoms. The number of rotatable bonds is 3. The van der Waals surface area contributed by atoms with Gasteiger partial charge in [0.1, 0.15) is 6.54 Å². The predicted octanol–water partition coefficient (Wildman–Crippen LogP) is 0.172. The number of hydrogen-bond donors (Lipinski definition) is 2. The van der Waals surface area contributed by atoms with Crippen LogP contribution in [0.2, 0.25) is 0 Å². The molecule has 4 rings (SSSR count). The Balaban J connectivity index is 1.60. The average Bonchev–Trinajstić information content (AvgIpc) is 3.26. The highest BCUT2D eigenvalue weighted by Gasteiger charge is 2.32. The predicted molar refractivity (Wildman–Crippen MR) is 88.9 cm³/mol. The molecular formula is C16H16N6O3. The van der Waals surface area contributed by atoms with Gasteiger partial charge in [0.05, 0.1) is 17.6 Å². The van der Waals surface area contributed by atoms with Crippen LogP contribution in [0.3, 0.4) is 0 Å². The number of hydrogen-bond acceptors (Lipinski definition) is 5. The van der Waals surface area contributed by atoms with Crippen LogP contribution in [-0.2, 0) is 11.3 Å². The number of likely N-dealkylation sites (tertiary alicyclic amines) is 1. The van der Waals surface area contributed by atoms with Crippen molar-refractivity contribution in [3.05, 3.63) is 57.1 Å². The number of carbonyl (C=O) groups excluding carboxylic acids is 1. The smallest absolute Gasteiger partial charge is 0.331 e. The van der Waals surface area contributed by atoms with Gasteiger partial charge < -0.3 is 4.90 Å². The molecule has 1 atom stereocenters. The van der Waals surface area contributed by atoms with Gasteiger partial charge in [-0.1, -0.05) is 18.2 Å². The Hall–Kier alpha value is -3.23. The Morgan fingerprint density at radius 3 is 2.92 bits per heavy atom. The van der Waals surface area contributed by atoms with Crippen LogP contribution in [0.1, 0.15) is 24.7 Å². The Bertz CT molecular complexity index is 1050. The zero-order valence-electron chi connectivity index (χ0n) is 13.3. The molecule has 128 valence electrons. The molecule has 2 aromatic heterocycles. The van der Waals surface area contributed by atoms with Crippen molar-refractivity contribution in [3.63, 3.8) is 0 Å². The van der Waals surface area contributed by atoms with Crippen LogP contribution in [0.25, 0.3) is 10.8 Å². The van der Waals surface area contributed by atoms with Gasteiger partial charge in [0.2, 0.25) is 5.91 Å². The van der Waals surface area contributed by atoms with Gasteiger partial charge in [0, 0.05) is 11.9 Å². The number of nitrogens with zero attached hydrogens (tertiary/aromatic N) is 4. The van der Waals surface area contributed by atoms with Crippen molar-refractivity contribution in [2.75, 3.05) is 6.54 Å². The van der Waals surface area contributed by atoms with Gasteiger partial charge >= 0.3 is 5.69 Å². The summed E-state index contributed by atoms with van der Waals surface area (Å²) in [5.74, 6) is 0.214. The van der Waals surface area contributed by atoms with Gasteiger partial charge in [0.25, 0.3) is 5.56 Å². The van der Waals surface area contributed by atoms with Crippen molar-refractivity contribution in [2.24, 2.45) is 0 Å². The topological polar surface area (TPSA) is 117 Å². The first-order chi connectivity index (χ1) is 12.1. The van der Waals surface area contributed by atoms with Crippen molar-refractivity contribution in [2.45, 2.75) is 25.4 Å². The van der Waals surface area contributed by atoms with E-state index >= 15 is 0 Å². The van der Waals surface area contributed by atoms with Gasteiger partial charge in [0.15, 0.2) is 5.82 Å². The molecule has 1 saturated heterocycles. The maximum absolute atomic E-state index is 12.7. The van der Waals surface area contributed by atoms with Crippen LogP contribution in [0, 0.1) is 0 Å². The number of carbonyl (C=O) groups is 1. The summed E-state index contributed by atoms with van der Waals surface area (Å²) in [5, 5.41) is 11.6. The van der Waals surface area contributed by atoms with Gasteiger partial charge in [-0.25, -0.2) is 14.6 Å². The molecule has 1 fully saturated rings. The third-order valence-electron chi connectivity index (χ3n) is 4.46. The largest absolute Gasteiger partial charge is 0.340 e. The lowest BCUT2D eigenvalue weighted by molar-refractivity contribution is -0.133. The normalized spacial score (nSPS) is 17.3. The monoisotopic (exact) mass is 340 g/mol. The number of aromatic amines is 2. The molecule has 1 aliphatic heterocycles. The summed E-state index contributed by atoms with van der Waals surface area (Å²) in [6.45, 7) is 0.412. The Labute approximate surface area is 141 Å². The highest BCUT2D eigenvalue weighted by molar-refractivity contribution is 5.81. The number of amides is 1.